The molecule has 35 heavy (non-hydrogen) atoms. The van der Waals surface area contributed by atoms with Gasteiger partial charge >= 0.3 is 11.9 Å². The quantitative estimate of drug-likeness (QED) is 0.0850. The summed E-state index contributed by atoms with van der Waals surface area (Å²) in [6.45, 7) is 6.06. The number of rotatable bonds is 20. The summed E-state index contributed by atoms with van der Waals surface area (Å²) in [7, 11) is 0. The number of esters is 1. The first-order chi connectivity index (χ1) is 16.6. The van der Waals surface area contributed by atoms with Crippen LogP contribution in [0.4, 0.5) is 0 Å². The predicted molar refractivity (Wildman–Crippen MR) is 138 cm³/mol. The Kier molecular flexibility index (Phi) is 24.1. The second-order valence-corrected chi connectivity index (χ2v) is 8.50. The molecule has 0 aliphatic rings. The van der Waals surface area contributed by atoms with Gasteiger partial charge in [0.05, 0.1) is 13.0 Å². The lowest BCUT2D eigenvalue weighted by Gasteiger charge is -2.17. The van der Waals surface area contributed by atoms with Gasteiger partial charge in [0.15, 0.2) is 5.96 Å². The fourth-order valence-electron chi connectivity index (χ4n) is 3.14. The number of unbranched alkanes of at least 4 members (excludes halogenated alkanes) is 8. The third kappa shape index (κ3) is 27.5. The minimum atomic E-state index is -0.916. The number of carbonyl (C=O) groups is 4. The van der Waals surface area contributed by atoms with Gasteiger partial charge in [-0.3, -0.25) is 14.6 Å². The predicted octanol–water partition coefficient (Wildman–Crippen LogP) is 3.45. The van der Waals surface area contributed by atoms with Crippen LogP contribution in [0.25, 0.3) is 0 Å². The Morgan fingerprint density at radius 2 is 1.43 bits per heavy atom. The first-order valence-corrected chi connectivity index (χ1v) is 12.9. The van der Waals surface area contributed by atoms with Gasteiger partial charge in [0.1, 0.15) is 11.8 Å². The Balaban J connectivity index is 0. The second kappa shape index (κ2) is 24.5. The van der Waals surface area contributed by atoms with Crippen LogP contribution in [0.3, 0.4) is 0 Å². The zero-order valence-electron chi connectivity index (χ0n) is 22.0. The van der Waals surface area contributed by atoms with Gasteiger partial charge in [0.25, 0.3) is 0 Å². The van der Waals surface area contributed by atoms with Gasteiger partial charge in [-0.25, -0.2) is 4.79 Å². The highest BCUT2D eigenvalue weighted by molar-refractivity contribution is 5.84. The number of ketones is 1. The van der Waals surface area contributed by atoms with Crippen LogP contribution in [0, 0.1) is 0 Å². The third-order valence-corrected chi connectivity index (χ3v) is 5.05. The number of amides is 1. The van der Waals surface area contributed by atoms with Crippen LogP contribution in [0.5, 0.6) is 0 Å². The molecule has 0 aromatic carbocycles. The fraction of sp³-hybridized carbons (Fsp3) is 0.800. The molecule has 0 fully saturated rings. The number of nitrogens with two attached hydrogens (primary N) is 2. The van der Waals surface area contributed by atoms with Gasteiger partial charge in [0, 0.05) is 19.4 Å². The maximum atomic E-state index is 12.1. The average Bonchev–Trinajstić information content (AvgIpc) is 2.79. The summed E-state index contributed by atoms with van der Waals surface area (Å²) < 4.78 is 5.04. The molecule has 1 amide bonds. The third-order valence-electron chi connectivity index (χ3n) is 5.05. The van der Waals surface area contributed by atoms with Crippen molar-refractivity contribution in [3.8, 4) is 0 Å². The Hall–Kier alpha value is -2.65. The van der Waals surface area contributed by atoms with E-state index in [9.17, 15) is 19.2 Å². The molecular weight excluding hydrogens is 452 g/mol. The normalized spacial score (nSPS) is 10.9. The number of hydrogen-bond donors (Lipinski definition) is 4. The molecule has 0 aromatic heterocycles. The van der Waals surface area contributed by atoms with Crippen molar-refractivity contribution in [3.05, 3.63) is 0 Å². The summed E-state index contributed by atoms with van der Waals surface area (Å²) in [5.74, 6) is -1.47. The van der Waals surface area contributed by atoms with Gasteiger partial charge in [-0.2, -0.15) is 0 Å². The Morgan fingerprint density at radius 1 is 0.857 bits per heavy atom. The molecule has 0 aromatic rings. The summed E-state index contributed by atoms with van der Waals surface area (Å²) in [6.07, 6.45) is 12.4. The van der Waals surface area contributed by atoms with Gasteiger partial charge in [-0.1, -0.05) is 58.3 Å². The molecule has 10 heteroatoms. The Morgan fingerprint density at radius 3 is 1.89 bits per heavy atom. The summed E-state index contributed by atoms with van der Waals surface area (Å²) in [4.78, 5) is 47.9. The molecule has 204 valence electrons. The van der Waals surface area contributed by atoms with E-state index in [2.05, 4.69) is 17.2 Å². The lowest BCUT2D eigenvalue weighted by atomic mass is 10.1. The minimum absolute atomic E-state index is 0.0251. The number of carboxylic acids is 1. The maximum absolute atomic E-state index is 12.1. The average molecular weight is 501 g/mol. The van der Waals surface area contributed by atoms with E-state index >= 15 is 0 Å². The lowest BCUT2D eigenvalue weighted by molar-refractivity contribution is -0.147. The van der Waals surface area contributed by atoms with Crippen LogP contribution in [0.2, 0.25) is 0 Å². The zero-order chi connectivity index (χ0) is 26.9. The molecule has 10 nitrogen and oxygen atoms in total. The smallest absolute Gasteiger partial charge is 0.328 e. The van der Waals surface area contributed by atoms with E-state index in [0.717, 1.165) is 12.8 Å². The van der Waals surface area contributed by atoms with Crippen molar-refractivity contribution >= 4 is 29.6 Å². The highest BCUT2D eigenvalue weighted by Gasteiger charge is 2.21. The van der Waals surface area contributed by atoms with Gasteiger partial charge in [-0.15, -0.1) is 0 Å². The van der Waals surface area contributed by atoms with E-state index in [-0.39, 0.29) is 37.1 Å². The molecule has 1 atom stereocenters. The molecule has 0 rings (SSSR count). The van der Waals surface area contributed by atoms with Crippen molar-refractivity contribution in [2.24, 2.45) is 16.5 Å². The molecule has 0 saturated carbocycles. The SMILES string of the molecule is CC(=O)CCC(=O)O.CCCCCCCCCCCC(=O)N[C@@H](CCCN=C(N)N)C(=O)OCC. The van der Waals surface area contributed by atoms with E-state index in [1.165, 1.54) is 51.9 Å². The van der Waals surface area contributed by atoms with E-state index in [4.69, 9.17) is 21.3 Å². The number of ether oxygens (including phenoxy) is 1. The van der Waals surface area contributed by atoms with Gasteiger partial charge in [-0.05, 0) is 33.1 Å². The number of Topliss-reactive ketones (excluding diaryl/α,β-unsaturated/α-hetero) is 1. The van der Waals surface area contributed by atoms with E-state index in [1.807, 2.05) is 0 Å². The van der Waals surface area contributed by atoms with Gasteiger partial charge in [0.2, 0.25) is 5.91 Å². The summed E-state index contributed by atoms with van der Waals surface area (Å²) in [5.41, 5.74) is 10.6. The Bertz CT molecular complexity index is 607. The molecule has 0 bridgehead atoms. The van der Waals surface area contributed by atoms with Crippen molar-refractivity contribution in [3.63, 3.8) is 0 Å². The number of nitrogens with zero attached hydrogens (tertiary/aromatic N) is 1. The van der Waals surface area contributed by atoms with Crippen LogP contribution >= 0.6 is 0 Å². The molecule has 0 heterocycles. The van der Waals surface area contributed by atoms with Gasteiger partial charge < -0.3 is 31.4 Å². The van der Waals surface area contributed by atoms with Crippen LogP contribution in [-0.4, -0.2) is 53.9 Å². The topological polar surface area (TPSA) is 174 Å². The minimum Gasteiger partial charge on any atom is -0.481 e. The Labute approximate surface area is 210 Å². The van der Waals surface area contributed by atoms with Crippen molar-refractivity contribution in [2.45, 2.75) is 117 Å². The number of nitrogens with one attached hydrogen (secondary N) is 1. The monoisotopic (exact) mass is 500 g/mol. The van der Waals surface area contributed by atoms with Crippen molar-refractivity contribution in [2.75, 3.05) is 13.2 Å². The lowest BCUT2D eigenvalue weighted by Crippen LogP contribution is -2.42. The number of guanidine groups is 1. The summed E-state index contributed by atoms with van der Waals surface area (Å²) in [6, 6.07) is -0.634. The summed E-state index contributed by atoms with van der Waals surface area (Å²) >= 11 is 0. The molecule has 0 saturated heterocycles. The number of carbonyl (C=O) groups excluding carboxylic acids is 3. The number of carboxylic acid groups (broad SMARTS) is 1. The van der Waals surface area contributed by atoms with Crippen molar-refractivity contribution < 1.29 is 29.0 Å². The molecule has 0 unspecified atom stereocenters. The van der Waals surface area contributed by atoms with Crippen LogP contribution in [0.15, 0.2) is 4.99 Å². The molecule has 0 radical (unpaired) electrons. The van der Waals surface area contributed by atoms with Crippen LogP contribution < -0.4 is 16.8 Å². The van der Waals surface area contributed by atoms with Crippen LogP contribution in [0.1, 0.15) is 111 Å². The maximum Gasteiger partial charge on any atom is 0.328 e. The first kappa shape index (κ1) is 34.5. The second-order valence-electron chi connectivity index (χ2n) is 8.50. The highest BCUT2D eigenvalue weighted by atomic mass is 16.5. The van der Waals surface area contributed by atoms with Crippen molar-refractivity contribution in [1.29, 1.82) is 0 Å². The molecule has 0 aliphatic heterocycles. The molecular formula is C25H48N4O6. The number of aliphatic imine (C=N–C) groups is 1. The molecule has 6 N–H and O–H groups in total. The van der Waals surface area contributed by atoms with E-state index < -0.39 is 18.0 Å². The van der Waals surface area contributed by atoms with Crippen molar-refractivity contribution in [1.82, 2.24) is 5.32 Å². The molecule has 0 spiro atoms. The van der Waals surface area contributed by atoms with E-state index in [0.29, 0.717) is 25.8 Å². The van der Waals surface area contributed by atoms with E-state index in [1.54, 1.807) is 6.92 Å². The molecule has 0 aliphatic carbocycles. The fourth-order valence-corrected chi connectivity index (χ4v) is 3.14. The first-order valence-electron chi connectivity index (χ1n) is 12.9. The highest BCUT2D eigenvalue weighted by Crippen LogP contribution is 2.11. The largest absolute Gasteiger partial charge is 0.481 e. The summed E-state index contributed by atoms with van der Waals surface area (Å²) in [5, 5.41) is 10.8. The van der Waals surface area contributed by atoms with Crippen LogP contribution in [-0.2, 0) is 23.9 Å². The number of aliphatic carboxylic acids is 1. The number of hydrogen-bond acceptors (Lipinski definition) is 6. The standard InChI is InChI=1S/C20H40N4O3.C5H8O3/c1-3-5-6-7-8-9-10-11-12-15-18(25)24-17(19(26)27-4-2)14-13-16-23-20(21)22;1-4(6)2-3-5(7)8/h17H,3-16H2,1-2H3,(H,24,25)(H4,21,22,23);2-3H2,1H3,(H,7,8)/t17-;/m0./s1. The zero-order valence-corrected chi connectivity index (χ0v) is 22.0.